The van der Waals surface area contributed by atoms with Crippen LogP contribution in [0.2, 0.25) is 0 Å². The maximum Gasteiger partial charge on any atom is 0.408 e. The minimum atomic E-state index is -4.46. The molecular formula is C26H27F3N6O2. The molecule has 1 aromatic carbocycles. The third-order valence-electron chi connectivity index (χ3n) is 7.06. The Morgan fingerprint density at radius 3 is 2.70 bits per heavy atom. The van der Waals surface area contributed by atoms with Crippen LogP contribution < -0.4 is 10.5 Å². The quantitative estimate of drug-likeness (QED) is 0.418. The van der Waals surface area contributed by atoms with E-state index in [1.54, 1.807) is 16.5 Å². The number of hydrogen-bond acceptors (Lipinski definition) is 7. The first-order valence-corrected chi connectivity index (χ1v) is 12.2. The Hall–Kier alpha value is -3.28. The lowest BCUT2D eigenvalue weighted by Crippen LogP contribution is -2.44. The zero-order valence-electron chi connectivity index (χ0n) is 20.3. The SMILES string of the molecule is CC1(COc2cccc3ccc(-c4nnc5ccc(C(N6CCC(N)C6)C(F)(F)F)cn45)nc23)COC1. The second-order valence-corrected chi connectivity index (χ2v) is 10.3. The maximum absolute atomic E-state index is 14.2. The second kappa shape index (κ2) is 8.93. The van der Waals surface area contributed by atoms with Crippen molar-refractivity contribution in [1.82, 2.24) is 24.5 Å². The zero-order valence-corrected chi connectivity index (χ0v) is 20.3. The van der Waals surface area contributed by atoms with E-state index in [-0.39, 0.29) is 23.6 Å². The van der Waals surface area contributed by atoms with Crippen molar-refractivity contribution in [2.75, 3.05) is 32.9 Å². The largest absolute Gasteiger partial charge is 0.491 e. The van der Waals surface area contributed by atoms with E-state index in [0.29, 0.717) is 61.2 Å². The first-order valence-electron chi connectivity index (χ1n) is 12.2. The van der Waals surface area contributed by atoms with Gasteiger partial charge in [0, 0.05) is 36.1 Å². The Morgan fingerprint density at radius 2 is 2.00 bits per heavy atom. The van der Waals surface area contributed by atoms with Gasteiger partial charge >= 0.3 is 6.18 Å². The highest BCUT2D eigenvalue weighted by atomic mass is 19.4. The Balaban J connectivity index is 1.38. The molecule has 5 heterocycles. The topological polar surface area (TPSA) is 90.8 Å². The number of halogens is 3. The molecule has 3 aromatic heterocycles. The minimum Gasteiger partial charge on any atom is -0.491 e. The van der Waals surface area contributed by atoms with E-state index in [1.807, 2.05) is 24.3 Å². The van der Waals surface area contributed by atoms with Crippen LogP contribution >= 0.6 is 0 Å². The van der Waals surface area contributed by atoms with Gasteiger partial charge in [0.15, 0.2) is 11.5 Å². The predicted molar refractivity (Wildman–Crippen MR) is 131 cm³/mol. The molecule has 4 aromatic rings. The third-order valence-corrected chi connectivity index (χ3v) is 7.06. The normalized spacial score (nSPS) is 20.8. The number of nitrogens with zero attached hydrogens (tertiary/aromatic N) is 5. The number of pyridine rings is 2. The van der Waals surface area contributed by atoms with Crippen LogP contribution in [0.1, 0.15) is 24.9 Å². The minimum absolute atomic E-state index is 0.0341. The van der Waals surface area contributed by atoms with Crippen molar-refractivity contribution in [2.45, 2.75) is 31.6 Å². The van der Waals surface area contributed by atoms with Crippen molar-refractivity contribution in [3.05, 3.63) is 54.2 Å². The van der Waals surface area contributed by atoms with E-state index in [1.165, 1.54) is 17.2 Å². The number of alkyl halides is 3. The van der Waals surface area contributed by atoms with Crippen molar-refractivity contribution in [3.63, 3.8) is 0 Å². The van der Waals surface area contributed by atoms with Crippen molar-refractivity contribution < 1.29 is 22.6 Å². The van der Waals surface area contributed by atoms with E-state index in [2.05, 4.69) is 17.1 Å². The molecule has 194 valence electrons. The number of likely N-dealkylation sites (tertiary alicyclic amines) is 1. The molecule has 2 aliphatic heterocycles. The number of para-hydroxylation sites is 1. The third kappa shape index (κ3) is 4.51. The number of rotatable bonds is 6. The van der Waals surface area contributed by atoms with Gasteiger partial charge in [-0.2, -0.15) is 13.2 Å². The lowest BCUT2D eigenvalue weighted by atomic mass is 9.90. The summed E-state index contributed by atoms with van der Waals surface area (Å²) in [5.74, 6) is 0.983. The summed E-state index contributed by atoms with van der Waals surface area (Å²) in [4.78, 5) is 6.18. The molecule has 2 fully saturated rings. The van der Waals surface area contributed by atoms with Crippen molar-refractivity contribution in [2.24, 2.45) is 11.1 Å². The van der Waals surface area contributed by atoms with Gasteiger partial charge in [0.2, 0.25) is 0 Å². The van der Waals surface area contributed by atoms with E-state index in [0.717, 1.165) is 5.39 Å². The summed E-state index contributed by atoms with van der Waals surface area (Å²) in [6.45, 7) is 4.37. The van der Waals surface area contributed by atoms with Gasteiger partial charge in [-0.1, -0.05) is 31.2 Å². The summed E-state index contributed by atoms with van der Waals surface area (Å²) in [5, 5.41) is 9.31. The highest BCUT2D eigenvalue weighted by Crippen LogP contribution is 2.39. The smallest absolute Gasteiger partial charge is 0.408 e. The molecule has 2 aliphatic rings. The van der Waals surface area contributed by atoms with Gasteiger partial charge in [-0.15, -0.1) is 10.2 Å². The molecule has 0 aliphatic carbocycles. The summed E-state index contributed by atoms with van der Waals surface area (Å²) in [6, 6.07) is 10.4. The van der Waals surface area contributed by atoms with E-state index in [4.69, 9.17) is 20.2 Å². The number of benzene rings is 1. The van der Waals surface area contributed by atoms with Crippen LogP contribution in [0.5, 0.6) is 5.75 Å². The molecule has 2 saturated heterocycles. The standard InChI is InChI=1S/C26H27F3N6O2/c1-25(13-36-14-25)15-37-20-4-2-3-16-5-7-19(31-22(16)20)24-33-32-21-8-6-17(11-35(21)24)23(26(27,28)29)34-10-9-18(30)12-34/h2-8,11,18,23H,9-10,12-15,30H2,1H3. The van der Waals surface area contributed by atoms with Gasteiger partial charge in [-0.3, -0.25) is 9.30 Å². The van der Waals surface area contributed by atoms with Crippen LogP contribution in [-0.2, 0) is 4.74 Å². The molecule has 11 heteroatoms. The lowest BCUT2D eigenvalue weighted by molar-refractivity contribution is -0.183. The Labute approximate surface area is 211 Å². The van der Waals surface area contributed by atoms with Gasteiger partial charge in [-0.05, 0) is 30.2 Å². The van der Waals surface area contributed by atoms with Gasteiger partial charge in [0.25, 0.3) is 0 Å². The number of aromatic nitrogens is 4. The molecule has 8 nitrogen and oxygen atoms in total. The first kappa shape index (κ1) is 24.1. The van der Waals surface area contributed by atoms with Gasteiger partial charge in [0.05, 0.1) is 19.8 Å². The maximum atomic E-state index is 14.2. The first-order chi connectivity index (χ1) is 17.7. The van der Waals surface area contributed by atoms with E-state index >= 15 is 0 Å². The number of ether oxygens (including phenoxy) is 2. The summed E-state index contributed by atoms with van der Waals surface area (Å²) in [5.41, 5.74) is 7.55. The highest BCUT2D eigenvalue weighted by Gasteiger charge is 2.46. The predicted octanol–water partition coefficient (Wildman–Crippen LogP) is 4.00. The van der Waals surface area contributed by atoms with Crippen LogP contribution in [-0.4, -0.2) is 69.6 Å². The fourth-order valence-electron chi connectivity index (χ4n) is 5.05. The Morgan fingerprint density at radius 1 is 1.16 bits per heavy atom. The molecule has 37 heavy (non-hydrogen) atoms. The Bertz CT molecular complexity index is 1450. The average molecular weight is 513 g/mol. The lowest BCUT2D eigenvalue weighted by Gasteiger charge is -2.37. The van der Waals surface area contributed by atoms with E-state index < -0.39 is 12.2 Å². The van der Waals surface area contributed by atoms with Crippen LogP contribution in [0.15, 0.2) is 48.7 Å². The summed E-state index contributed by atoms with van der Waals surface area (Å²) in [6.07, 6.45) is -2.47. The number of fused-ring (bicyclic) bond motifs is 2. The number of hydrogen-bond donors (Lipinski definition) is 1. The van der Waals surface area contributed by atoms with Crippen LogP contribution in [0.25, 0.3) is 28.1 Å². The van der Waals surface area contributed by atoms with Crippen molar-refractivity contribution in [1.29, 1.82) is 0 Å². The van der Waals surface area contributed by atoms with Gasteiger partial charge in [-0.25, -0.2) is 4.98 Å². The fraction of sp³-hybridized carbons (Fsp3) is 0.423. The molecule has 6 rings (SSSR count). The van der Waals surface area contributed by atoms with Crippen LogP contribution in [0, 0.1) is 5.41 Å². The van der Waals surface area contributed by atoms with Gasteiger partial charge < -0.3 is 15.2 Å². The molecule has 0 bridgehead atoms. The van der Waals surface area contributed by atoms with Crippen LogP contribution in [0.3, 0.4) is 0 Å². The molecule has 0 spiro atoms. The average Bonchev–Trinajstić information content (AvgIpc) is 3.46. The number of nitrogens with two attached hydrogens (primary N) is 1. The summed E-state index contributed by atoms with van der Waals surface area (Å²) < 4.78 is 55.5. The summed E-state index contributed by atoms with van der Waals surface area (Å²) >= 11 is 0. The molecule has 2 N–H and O–H groups in total. The molecule has 0 radical (unpaired) electrons. The molecular weight excluding hydrogens is 485 g/mol. The summed E-state index contributed by atoms with van der Waals surface area (Å²) in [7, 11) is 0. The van der Waals surface area contributed by atoms with Crippen molar-refractivity contribution in [3.8, 4) is 17.3 Å². The van der Waals surface area contributed by atoms with Crippen molar-refractivity contribution >= 4 is 16.6 Å². The monoisotopic (exact) mass is 512 g/mol. The molecule has 2 unspecified atom stereocenters. The van der Waals surface area contributed by atoms with Crippen LogP contribution in [0.4, 0.5) is 13.2 Å². The fourth-order valence-corrected chi connectivity index (χ4v) is 5.05. The van der Waals surface area contributed by atoms with Gasteiger partial charge in [0.1, 0.15) is 23.0 Å². The van der Waals surface area contributed by atoms with E-state index in [9.17, 15) is 13.2 Å². The second-order valence-electron chi connectivity index (χ2n) is 10.3. The molecule has 0 amide bonds. The molecule has 2 atom stereocenters. The molecule has 0 saturated carbocycles. The highest BCUT2D eigenvalue weighted by molar-refractivity contribution is 5.86. The Kier molecular flexibility index (Phi) is 5.81. The zero-order chi connectivity index (χ0) is 25.8.